The van der Waals surface area contributed by atoms with Gasteiger partial charge in [0.25, 0.3) is 0 Å². The summed E-state index contributed by atoms with van der Waals surface area (Å²) in [5.74, 6) is 0.751. The van der Waals surface area contributed by atoms with E-state index in [1.807, 2.05) is 0 Å². The molecule has 0 spiro atoms. The Morgan fingerprint density at radius 1 is 1.47 bits per heavy atom. The van der Waals surface area contributed by atoms with Crippen molar-refractivity contribution in [3.05, 3.63) is 23.2 Å². The molecule has 0 amide bonds. The Morgan fingerprint density at radius 2 is 2.27 bits per heavy atom. The van der Waals surface area contributed by atoms with Gasteiger partial charge in [0.1, 0.15) is 5.60 Å². The normalized spacial score (nSPS) is 34.3. The molecule has 0 aliphatic carbocycles. The molecule has 2 atom stereocenters. The highest BCUT2D eigenvalue weighted by molar-refractivity contribution is 6.30. The molecule has 3 rings (SSSR count). The fourth-order valence-electron chi connectivity index (χ4n) is 2.33. The molecule has 1 aromatic heterocycles. The lowest BCUT2D eigenvalue weighted by Crippen LogP contribution is -2.46. The topological polar surface area (TPSA) is 47.0 Å². The molecule has 5 heteroatoms. The summed E-state index contributed by atoms with van der Waals surface area (Å²) in [6.07, 6.45) is 5.65. The summed E-state index contributed by atoms with van der Waals surface area (Å²) in [7, 11) is 0. The Labute approximate surface area is 93.0 Å². The summed E-state index contributed by atoms with van der Waals surface area (Å²) >= 11 is 5.77. The van der Waals surface area contributed by atoms with E-state index in [4.69, 9.17) is 16.3 Å². The fraction of sp³-hybridized carbons (Fsp3) is 0.600. The van der Waals surface area contributed by atoms with Crippen molar-refractivity contribution in [2.45, 2.75) is 24.5 Å². The quantitative estimate of drug-likeness (QED) is 0.778. The predicted octanol–water partition coefficient (Wildman–Crippen LogP) is 1.11. The third kappa shape index (κ3) is 1.53. The minimum atomic E-state index is -0.312. The maximum absolute atomic E-state index is 5.98. The molecule has 1 aromatic rings. The number of hydrogen-bond donors (Lipinski definition) is 1. The van der Waals surface area contributed by atoms with Gasteiger partial charge in [0.2, 0.25) is 0 Å². The predicted molar refractivity (Wildman–Crippen MR) is 55.7 cm³/mol. The second-order valence-electron chi connectivity index (χ2n) is 4.13. The highest BCUT2D eigenvalue weighted by atomic mass is 35.5. The second kappa shape index (κ2) is 3.40. The Balaban J connectivity index is 1.95. The molecule has 0 radical (unpaired) electrons. The van der Waals surface area contributed by atoms with Gasteiger partial charge in [-0.2, -0.15) is 0 Å². The molecule has 0 aromatic carbocycles. The van der Waals surface area contributed by atoms with Gasteiger partial charge in [-0.05, 0) is 12.8 Å². The summed E-state index contributed by atoms with van der Waals surface area (Å²) in [5, 5.41) is 3.93. The number of fused-ring (bicyclic) bond motifs is 2. The van der Waals surface area contributed by atoms with Crippen molar-refractivity contribution in [2.24, 2.45) is 0 Å². The number of hydrogen-bond acceptors (Lipinski definition) is 4. The summed E-state index contributed by atoms with van der Waals surface area (Å²) in [4.78, 5) is 8.53. The average molecular weight is 226 g/mol. The van der Waals surface area contributed by atoms with Crippen molar-refractivity contribution >= 4 is 11.6 Å². The van der Waals surface area contributed by atoms with Crippen LogP contribution in [0.25, 0.3) is 0 Å². The first-order valence-electron chi connectivity index (χ1n) is 5.15. The van der Waals surface area contributed by atoms with Crippen LogP contribution in [0.1, 0.15) is 18.7 Å². The third-order valence-corrected chi connectivity index (χ3v) is 3.27. The molecule has 2 saturated heterocycles. The number of halogens is 1. The van der Waals surface area contributed by atoms with Crippen LogP contribution in [0.5, 0.6) is 0 Å². The van der Waals surface area contributed by atoms with E-state index in [2.05, 4.69) is 15.3 Å². The van der Waals surface area contributed by atoms with Gasteiger partial charge in [0.05, 0.1) is 11.1 Å². The lowest BCUT2D eigenvalue weighted by atomic mass is 9.99. The van der Waals surface area contributed by atoms with E-state index in [-0.39, 0.29) is 5.60 Å². The summed E-state index contributed by atoms with van der Waals surface area (Å²) in [5.41, 5.74) is -0.312. The third-order valence-electron chi connectivity index (χ3n) is 3.07. The Hall–Kier alpha value is -0.710. The van der Waals surface area contributed by atoms with Crippen molar-refractivity contribution in [1.29, 1.82) is 0 Å². The zero-order chi connectivity index (χ0) is 10.3. The van der Waals surface area contributed by atoms with Crippen molar-refractivity contribution < 1.29 is 4.74 Å². The SMILES string of the molecule is Clc1cnc(C23CCC(CNC2)O3)nc1. The van der Waals surface area contributed by atoms with Crippen LogP contribution < -0.4 is 5.32 Å². The monoisotopic (exact) mass is 225 g/mol. The summed E-state index contributed by atoms with van der Waals surface area (Å²) in [6, 6.07) is 0. The Morgan fingerprint density at radius 3 is 3.07 bits per heavy atom. The first kappa shape index (κ1) is 9.51. The van der Waals surface area contributed by atoms with Crippen molar-refractivity contribution in [3.8, 4) is 0 Å². The first-order valence-corrected chi connectivity index (χ1v) is 5.53. The van der Waals surface area contributed by atoms with Gasteiger partial charge in [0.15, 0.2) is 5.82 Å². The van der Waals surface area contributed by atoms with Crippen LogP contribution in [0.2, 0.25) is 5.02 Å². The zero-order valence-corrected chi connectivity index (χ0v) is 9.00. The molecule has 2 bridgehead atoms. The average Bonchev–Trinajstić information content (AvgIpc) is 2.56. The smallest absolute Gasteiger partial charge is 0.161 e. The second-order valence-corrected chi connectivity index (χ2v) is 4.57. The van der Waals surface area contributed by atoms with Gasteiger partial charge in [-0.15, -0.1) is 0 Å². The molecule has 1 N–H and O–H groups in total. The van der Waals surface area contributed by atoms with Gasteiger partial charge < -0.3 is 10.1 Å². The molecule has 3 heterocycles. The maximum atomic E-state index is 5.98. The number of rotatable bonds is 1. The van der Waals surface area contributed by atoms with Crippen LogP contribution in [0.3, 0.4) is 0 Å². The van der Waals surface area contributed by atoms with Gasteiger partial charge >= 0.3 is 0 Å². The maximum Gasteiger partial charge on any atom is 0.161 e. The molecule has 15 heavy (non-hydrogen) atoms. The van der Waals surface area contributed by atoms with Crippen LogP contribution in [0.15, 0.2) is 12.4 Å². The molecular formula is C10H12ClN3O. The van der Waals surface area contributed by atoms with Gasteiger partial charge in [-0.1, -0.05) is 11.6 Å². The minimum absolute atomic E-state index is 0.312. The molecule has 2 unspecified atom stereocenters. The fourth-order valence-corrected chi connectivity index (χ4v) is 2.43. The lowest BCUT2D eigenvalue weighted by molar-refractivity contribution is -0.0740. The minimum Gasteiger partial charge on any atom is -0.361 e. The van der Waals surface area contributed by atoms with E-state index in [1.165, 1.54) is 0 Å². The van der Waals surface area contributed by atoms with Gasteiger partial charge in [-0.3, -0.25) is 0 Å². The van der Waals surface area contributed by atoms with E-state index in [9.17, 15) is 0 Å². The van der Waals surface area contributed by atoms with Crippen molar-refractivity contribution in [1.82, 2.24) is 15.3 Å². The Bertz CT molecular complexity index is 365. The van der Waals surface area contributed by atoms with Crippen LogP contribution in [-0.4, -0.2) is 29.2 Å². The Kier molecular flexibility index (Phi) is 2.16. The lowest BCUT2D eigenvalue weighted by Gasteiger charge is -2.32. The summed E-state index contributed by atoms with van der Waals surface area (Å²) in [6.45, 7) is 1.74. The molecule has 2 aliphatic rings. The van der Waals surface area contributed by atoms with Crippen molar-refractivity contribution in [2.75, 3.05) is 13.1 Å². The number of nitrogens with one attached hydrogen (secondary N) is 1. The number of nitrogens with zero attached hydrogens (tertiary/aromatic N) is 2. The van der Waals surface area contributed by atoms with E-state index >= 15 is 0 Å². The summed E-state index contributed by atoms with van der Waals surface area (Å²) < 4.78 is 5.98. The molecular weight excluding hydrogens is 214 g/mol. The molecule has 0 saturated carbocycles. The van der Waals surface area contributed by atoms with Crippen LogP contribution >= 0.6 is 11.6 Å². The van der Waals surface area contributed by atoms with Crippen LogP contribution in [0, 0.1) is 0 Å². The van der Waals surface area contributed by atoms with E-state index in [1.54, 1.807) is 12.4 Å². The van der Waals surface area contributed by atoms with E-state index < -0.39 is 0 Å². The van der Waals surface area contributed by atoms with Gasteiger partial charge in [0, 0.05) is 25.5 Å². The highest BCUT2D eigenvalue weighted by Gasteiger charge is 2.46. The highest BCUT2D eigenvalue weighted by Crippen LogP contribution is 2.39. The number of aromatic nitrogens is 2. The van der Waals surface area contributed by atoms with Gasteiger partial charge in [-0.25, -0.2) is 9.97 Å². The molecule has 2 aliphatic heterocycles. The first-order chi connectivity index (χ1) is 7.28. The van der Waals surface area contributed by atoms with Crippen molar-refractivity contribution in [3.63, 3.8) is 0 Å². The standard InChI is InChI=1S/C10H12ClN3O/c11-7-3-13-9(14-4-7)10-2-1-8(15-10)5-12-6-10/h3-4,8,12H,1-2,5-6H2. The zero-order valence-electron chi connectivity index (χ0n) is 8.24. The largest absolute Gasteiger partial charge is 0.361 e. The number of ether oxygens (including phenoxy) is 1. The molecule has 4 nitrogen and oxygen atoms in total. The van der Waals surface area contributed by atoms with Crippen LogP contribution in [0.4, 0.5) is 0 Å². The number of morpholine rings is 1. The van der Waals surface area contributed by atoms with Crippen LogP contribution in [-0.2, 0) is 10.3 Å². The molecule has 2 fully saturated rings. The van der Waals surface area contributed by atoms with E-state index in [0.29, 0.717) is 11.1 Å². The molecule has 80 valence electrons. The van der Waals surface area contributed by atoms with E-state index in [0.717, 1.165) is 31.8 Å².